The molecular weight excluding hydrogens is 458 g/mol. The molecule has 0 aliphatic heterocycles. The van der Waals surface area contributed by atoms with Gasteiger partial charge in [-0.25, -0.2) is 9.19 Å². The zero-order valence-corrected chi connectivity index (χ0v) is 20.5. The van der Waals surface area contributed by atoms with Crippen molar-refractivity contribution in [1.82, 2.24) is 4.98 Å². The van der Waals surface area contributed by atoms with Gasteiger partial charge in [0.2, 0.25) is 5.91 Å². The molecule has 4 rings (SSSR count). The van der Waals surface area contributed by atoms with Gasteiger partial charge in [0.1, 0.15) is 16.4 Å². The lowest BCUT2D eigenvalue weighted by Crippen LogP contribution is -2.20. The topological polar surface area (TPSA) is 89.6 Å². The van der Waals surface area contributed by atoms with Crippen LogP contribution in [0, 0.1) is 12.8 Å². The Morgan fingerprint density at radius 1 is 1.09 bits per heavy atom. The van der Waals surface area contributed by atoms with Gasteiger partial charge in [0, 0.05) is 11.6 Å². The predicted octanol–water partition coefficient (Wildman–Crippen LogP) is 5.40. The molecule has 1 fully saturated rings. The molecule has 1 unspecified atom stereocenters. The average molecular weight is 486 g/mol. The number of hydrogen-bond donors (Lipinski definition) is 2. The third-order valence-electron chi connectivity index (χ3n) is 5.68. The van der Waals surface area contributed by atoms with Crippen molar-refractivity contribution in [3.63, 3.8) is 0 Å². The van der Waals surface area contributed by atoms with Gasteiger partial charge < -0.3 is 19.5 Å². The monoisotopic (exact) mass is 485 g/mol. The molecule has 0 saturated heterocycles. The first-order chi connectivity index (χ1) is 16.0. The number of ether oxygens (including phenoxy) is 2. The Morgan fingerprint density at radius 3 is 2.48 bits per heavy atom. The second kappa shape index (κ2) is 10.4. The first kappa shape index (κ1) is 23.3. The van der Waals surface area contributed by atoms with Gasteiger partial charge in [0.05, 0.1) is 24.8 Å². The largest absolute Gasteiger partial charge is 0.497 e. The van der Waals surface area contributed by atoms with E-state index in [-0.39, 0.29) is 11.8 Å². The van der Waals surface area contributed by atoms with Crippen molar-refractivity contribution in [3.8, 4) is 21.9 Å². The molecule has 1 heterocycles. The molecule has 1 aliphatic carbocycles. The highest BCUT2D eigenvalue weighted by Gasteiger charge is 2.24. The number of aryl methyl sites for hydroxylation is 1. The summed E-state index contributed by atoms with van der Waals surface area (Å²) in [6, 6.07) is 12.8. The number of anilines is 2. The molecule has 1 atom stereocenters. The summed E-state index contributed by atoms with van der Waals surface area (Å²) in [7, 11) is 1.60. The quantitative estimate of drug-likeness (QED) is 0.446. The first-order valence-electron chi connectivity index (χ1n) is 10.8. The van der Waals surface area contributed by atoms with Gasteiger partial charge in [-0.05, 0) is 67.8 Å². The van der Waals surface area contributed by atoms with Crippen molar-refractivity contribution in [2.75, 3.05) is 24.3 Å². The number of methoxy groups -OCH3 is 2. The second-order valence-corrected chi connectivity index (χ2v) is 10.0. The van der Waals surface area contributed by atoms with Gasteiger partial charge in [0.25, 0.3) is 0 Å². The minimum atomic E-state index is -1.55. The lowest BCUT2D eigenvalue weighted by molar-refractivity contribution is -0.119. The van der Waals surface area contributed by atoms with Crippen LogP contribution in [0.1, 0.15) is 31.4 Å². The maximum absolute atomic E-state index is 13.1. The molecule has 0 spiro atoms. The van der Waals surface area contributed by atoms with Gasteiger partial charge in [-0.3, -0.25) is 4.79 Å². The third kappa shape index (κ3) is 5.36. The molecule has 174 valence electrons. The highest BCUT2D eigenvalue weighted by molar-refractivity contribution is 7.86. The van der Waals surface area contributed by atoms with E-state index >= 15 is 0 Å². The van der Waals surface area contributed by atoms with E-state index in [1.54, 1.807) is 44.6 Å². The van der Waals surface area contributed by atoms with E-state index in [0.29, 0.717) is 21.5 Å². The Balaban J connectivity index is 1.56. The minimum Gasteiger partial charge on any atom is -0.497 e. The van der Waals surface area contributed by atoms with E-state index in [1.165, 1.54) is 11.3 Å². The lowest BCUT2D eigenvalue weighted by atomic mass is 10.1. The molecule has 33 heavy (non-hydrogen) atoms. The Kier molecular flexibility index (Phi) is 7.29. The molecule has 1 aromatic heterocycles. The smallest absolute Gasteiger partial charge is 0.229 e. The average Bonchev–Trinajstić information content (AvgIpc) is 3.49. The van der Waals surface area contributed by atoms with Crippen LogP contribution < -0.4 is 19.5 Å². The van der Waals surface area contributed by atoms with Crippen LogP contribution in [-0.4, -0.2) is 29.3 Å². The Bertz CT molecular complexity index is 1160. The fraction of sp³-hybridized carbons (Fsp3) is 0.333. The zero-order valence-electron chi connectivity index (χ0n) is 18.8. The van der Waals surface area contributed by atoms with Crippen LogP contribution in [-0.2, 0) is 15.8 Å². The summed E-state index contributed by atoms with van der Waals surface area (Å²) in [5.41, 5.74) is 2.38. The first-order valence-corrected chi connectivity index (χ1v) is 12.7. The number of hydrogen-bond acceptors (Lipinski definition) is 6. The molecular formula is C24H27N3O4S2. The van der Waals surface area contributed by atoms with Crippen molar-refractivity contribution in [1.29, 1.82) is 0 Å². The van der Waals surface area contributed by atoms with Crippen LogP contribution in [0.3, 0.4) is 0 Å². The molecule has 3 aromatic rings. The molecule has 2 N–H and O–H groups in total. The lowest BCUT2D eigenvalue weighted by Gasteiger charge is -2.12. The highest BCUT2D eigenvalue weighted by Crippen LogP contribution is 2.37. The Labute approximate surface area is 200 Å². The normalized spacial score (nSPS) is 14.6. The SMILES string of the molecule is COc1ccc(NS(=O)c2cc(-c3sc(NC(=O)C4CCCC4)nc3C)ccc2OC)cc1. The van der Waals surface area contributed by atoms with Gasteiger partial charge in [-0.1, -0.05) is 24.2 Å². The van der Waals surface area contributed by atoms with Gasteiger partial charge >= 0.3 is 0 Å². The molecule has 2 aromatic carbocycles. The van der Waals surface area contributed by atoms with Crippen LogP contribution in [0.25, 0.3) is 10.4 Å². The van der Waals surface area contributed by atoms with Gasteiger partial charge in [-0.15, -0.1) is 0 Å². The maximum Gasteiger partial charge on any atom is 0.229 e. The fourth-order valence-corrected chi connectivity index (χ4v) is 5.89. The number of rotatable bonds is 8. The number of amides is 1. The number of nitrogens with one attached hydrogen (secondary N) is 2. The van der Waals surface area contributed by atoms with E-state index in [0.717, 1.165) is 47.6 Å². The molecule has 0 radical (unpaired) electrons. The van der Waals surface area contributed by atoms with Crippen molar-refractivity contribution < 1.29 is 18.5 Å². The molecule has 9 heteroatoms. The van der Waals surface area contributed by atoms with Crippen molar-refractivity contribution in [2.24, 2.45) is 5.92 Å². The van der Waals surface area contributed by atoms with Crippen LogP contribution in [0.15, 0.2) is 47.4 Å². The number of aromatic nitrogens is 1. The fourth-order valence-electron chi connectivity index (χ4n) is 3.90. The van der Waals surface area contributed by atoms with Crippen LogP contribution in [0.5, 0.6) is 11.5 Å². The number of carbonyl (C=O) groups is 1. The number of nitrogens with zero attached hydrogens (tertiary/aromatic N) is 1. The summed E-state index contributed by atoms with van der Waals surface area (Å²) < 4.78 is 26.8. The number of benzene rings is 2. The summed E-state index contributed by atoms with van der Waals surface area (Å²) in [5.74, 6) is 1.38. The second-order valence-electron chi connectivity index (χ2n) is 7.87. The predicted molar refractivity (Wildman–Crippen MR) is 132 cm³/mol. The third-order valence-corrected chi connectivity index (χ3v) is 7.94. The van der Waals surface area contributed by atoms with Crippen molar-refractivity contribution in [2.45, 2.75) is 37.5 Å². The molecule has 7 nitrogen and oxygen atoms in total. The molecule has 1 aliphatic rings. The van der Waals surface area contributed by atoms with Gasteiger partial charge in [0.15, 0.2) is 16.1 Å². The summed E-state index contributed by atoms with van der Waals surface area (Å²) in [6.45, 7) is 1.91. The van der Waals surface area contributed by atoms with Crippen LogP contribution >= 0.6 is 11.3 Å². The van der Waals surface area contributed by atoms with E-state index in [4.69, 9.17) is 9.47 Å². The van der Waals surface area contributed by atoms with Crippen LogP contribution in [0.2, 0.25) is 0 Å². The molecule has 1 amide bonds. The molecule has 1 saturated carbocycles. The van der Waals surface area contributed by atoms with Crippen molar-refractivity contribution >= 4 is 39.0 Å². The van der Waals surface area contributed by atoms with Gasteiger partial charge in [-0.2, -0.15) is 0 Å². The molecule has 0 bridgehead atoms. The number of carbonyl (C=O) groups excluding carboxylic acids is 1. The summed E-state index contributed by atoms with van der Waals surface area (Å²) in [6.07, 6.45) is 4.10. The Hall–Kier alpha value is -2.91. The van der Waals surface area contributed by atoms with Crippen molar-refractivity contribution in [3.05, 3.63) is 48.2 Å². The standard InChI is InChI=1S/C24H27N3O4S2/c1-15-22(32-24(25-15)26-23(28)16-6-4-5-7-16)17-8-13-20(31-3)21(14-17)33(29)27-18-9-11-19(30-2)12-10-18/h8-14,16,27H,4-7H2,1-3H3,(H,25,26,28). The van der Waals surface area contributed by atoms with E-state index in [1.807, 2.05) is 19.1 Å². The number of thiazole rings is 1. The van der Waals surface area contributed by atoms with E-state index in [2.05, 4.69) is 15.0 Å². The summed E-state index contributed by atoms with van der Waals surface area (Å²) in [4.78, 5) is 18.5. The van der Waals surface area contributed by atoms with Crippen LogP contribution in [0.4, 0.5) is 10.8 Å². The summed E-state index contributed by atoms with van der Waals surface area (Å²) in [5, 5.41) is 3.57. The summed E-state index contributed by atoms with van der Waals surface area (Å²) >= 11 is 1.42. The Morgan fingerprint density at radius 2 is 1.82 bits per heavy atom. The van der Waals surface area contributed by atoms with E-state index < -0.39 is 11.0 Å². The minimum absolute atomic E-state index is 0.0491. The highest BCUT2D eigenvalue weighted by atomic mass is 32.2. The zero-order chi connectivity index (χ0) is 23.4. The van der Waals surface area contributed by atoms with E-state index in [9.17, 15) is 9.00 Å². The maximum atomic E-state index is 13.1.